The molecule has 134 valence electrons. The highest BCUT2D eigenvalue weighted by Gasteiger charge is 2.24. The van der Waals surface area contributed by atoms with Gasteiger partial charge in [0.1, 0.15) is 5.82 Å². The van der Waals surface area contributed by atoms with Crippen molar-refractivity contribution in [1.29, 1.82) is 0 Å². The molecule has 1 aromatic carbocycles. The molecule has 25 heavy (non-hydrogen) atoms. The zero-order valence-corrected chi connectivity index (χ0v) is 15.7. The van der Waals surface area contributed by atoms with Gasteiger partial charge in [-0.05, 0) is 45.0 Å². The zero-order chi connectivity index (χ0) is 18.2. The van der Waals surface area contributed by atoms with E-state index < -0.39 is 0 Å². The maximum Gasteiger partial charge on any atom is 0.228 e. The molecule has 0 N–H and O–H groups in total. The van der Waals surface area contributed by atoms with Crippen LogP contribution < -0.4 is 4.90 Å². The molecule has 4 heteroatoms. The summed E-state index contributed by atoms with van der Waals surface area (Å²) in [6, 6.07) is 16.7. The van der Waals surface area contributed by atoms with Crippen molar-refractivity contribution in [2.75, 3.05) is 18.5 Å². The number of benzene rings is 1. The summed E-state index contributed by atoms with van der Waals surface area (Å²) in [5, 5.41) is 0. The van der Waals surface area contributed by atoms with Crippen molar-refractivity contribution >= 4 is 11.7 Å². The van der Waals surface area contributed by atoms with Crippen LogP contribution in [0.15, 0.2) is 54.7 Å². The Kier molecular flexibility index (Phi) is 7.14. The summed E-state index contributed by atoms with van der Waals surface area (Å²) in [6.45, 7) is 7.02. The van der Waals surface area contributed by atoms with Crippen LogP contribution in [0, 0.1) is 0 Å². The lowest BCUT2D eigenvalue weighted by molar-refractivity contribution is -0.118. The second-order valence-electron chi connectivity index (χ2n) is 6.63. The molecule has 1 amide bonds. The van der Waals surface area contributed by atoms with Crippen molar-refractivity contribution in [3.63, 3.8) is 0 Å². The highest BCUT2D eigenvalue weighted by Crippen LogP contribution is 2.17. The first kappa shape index (κ1) is 19.1. The molecular weight excluding hydrogens is 310 g/mol. The van der Waals surface area contributed by atoms with Gasteiger partial charge < -0.3 is 4.90 Å². The number of pyridine rings is 1. The number of rotatable bonds is 8. The van der Waals surface area contributed by atoms with Gasteiger partial charge in [-0.25, -0.2) is 4.98 Å². The average molecular weight is 339 g/mol. The molecule has 0 fully saturated rings. The summed E-state index contributed by atoms with van der Waals surface area (Å²) in [6.07, 6.45) is 3.21. The summed E-state index contributed by atoms with van der Waals surface area (Å²) in [7, 11) is 2.12. The molecule has 0 saturated heterocycles. The minimum Gasteiger partial charge on any atom is -0.301 e. The van der Waals surface area contributed by atoms with E-state index in [4.69, 9.17) is 0 Å². The first-order chi connectivity index (χ1) is 12.0. The third-order valence-electron chi connectivity index (χ3n) is 4.59. The van der Waals surface area contributed by atoms with Crippen molar-refractivity contribution in [3.8, 4) is 0 Å². The summed E-state index contributed by atoms with van der Waals surface area (Å²) in [5.41, 5.74) is 1.33. The predicted molar refractivity (Wildman–Crippen MR) is 104 cm³/mol. The van der Waals surface area contributed by atoms with E-state index in [1.807, 2.05) is 36.1 Å². The largest absolute Gasteiger partial charge is 0.301 e. The van der Waals surface area contributed by atoms with Gasteiger partial charge in [0, 0.05) is 31.2 Å². The van der Waals surface area contributed by atoms with E-state index in [9.17, 15) is 4.79 Å². The van der Waals surface area contributed by atoms with E-state index in [1.165, 1.54) is 5.56 Å². The Morgan fingerprint density at radius 2 is 1.72 bits per heavy atom. The Balaban J connectivity index is 2.04. The monoisotopic (exact) mass is 339 g/mol. The van der Waals surface area contributed by atoms with Gasteiger partial charge in [-0.3, -0.25) is 9.69 Å². The molecule has 2 atom stereocenters. The lowest BCUT2D eigenvalue weighted by Gasteiger charge is -2.33. The Bertz CT molecular complexity index is 645. The van der Waals surface area contributed by atoms with Crippen LogP contribution in [0.5, 0.6) is 0 Å². The van der Waals surface area contributed by atoms with E-state index in [2.05, 4.69) is 55.0 Å². The third-order valence-corrected chi connectivity index (χ3v) is 4.59. The van der Waals surface area contributed by atoms with Crippen LogP contribution in [0.25, 0.3) is 0 Å². The predicted octanol–water partition coefficient (Wildman–Crippen LogP) is 3.78. The zero-order valence-electron chi connectivity index (χ0n) is 15.7. The summed E-state index contributed by atoms with van der Waals surface area (Å²) < 4.78 is 0. The quantitative estimate of drug-likeness (QED) is 0.734. The summed E-state index contributed by atoms with van der Waals surface area (Å²) >= 11 is 0. The lowest BCUT2D eigenvalue weighted by atomic mass is 10.1. The van der Waals surface area contributed by atoms with Gasteiger partial charge >= 0.3 is 0 Å². The van der Waals surface area contributed by atoms with Gasteiger partial charge in [0.2, 0.25) is 5.91 Å². The minimum atomic E-state index is 0.0607. The van der Waals surface area contributed by atoms with Crippen LogP contribution in [0.3, 0.4) is 0 Å². The Labute approximate surface area is 151 Å². The molecule has 0 aliphatic heterocycles. The van der Waals surface area contributed by atoms with Crippen LogP contribution in [0.1, 0.15) is 32.8 Å². The van der Waals surface area contributed by atoms with Gasteiger partial charge in [-0.15, -0.1) is 0 Å². The summed E-state index contributed by atoms with van der Waals surface area (Å²) in [5.74, 6) is 0.835. The van der Waals surface area contributed by atoms with Crippen molar-refractivity contribution < 1.29 is 4.79 Å². The van der Waals surface area contributed by atoms with E-state index >= 15 is 0 Å². The van der Waals surface area contributed by atoms with Gasteiger partial charge in [-0.1, -0.05) is 43.3 Å². The minimum absolute atomic E-state index is 0.0607. The average Bonchev–Trinajstić information content (AvgIpc) is 2.63. The van der Waals surface area contributed by atoms with Gasteiger partial charge in [0.15, 0.2) is 0 Å². The van der Waals surface area contributed by atoms with Crippen molar-refractivity contribution in [1.82, 2.24) is 9.88 Å². The van der Waals surface area contributed by atoms with Crippen LogP contribution in [-0.4, -0.2) is 41.5 Å². The molecule has 1 heterocycles. The molecule has 1 aromatic heterocycles. The van der Waals surface area contributed by atoms with E-state index in [0.717, 1.165) is 18.8 Å². The molecule has 2 rings (SSSR count). The smallest absolute Gasteiger partial charge is 0.228 e. The highest BCUT2D eigenvalue weighted by atomic mass is 16.2. The highest BCUT2D eigenvalue weighted by molar-refractivity contribution is 5.92. The molecule has 2 unspecified atom stereocenters. The molecule has 0 saturated carbocycles. The van der Waals surface area contributed by atoms with Crippen LogP contribution in [0.4, 0.5) is 5.82 Å². The molecule has 0 bridgehead atoms. The Morgan fingerprint density at radius 1 is 1.04 bits per heavy atom. The van der Waals surface area contributed by atoms with E-state index in [0.29, 0.717) is 12.5 Å². The first-order valence-corrected chi connectivity index (χ1v) is 9.00. The fourth-order valence-electron chi connectivity index (χ4n) is 3.06. The standard InChI is InChI=1S/C21H29N3O/c1-5-21(25)24(20-13-9-10-14-22-20)18(3)16-23(4)17(2)15-19-11-7-6-8-12-19/h6-14,17-18H,5,15-16H2,1-4H3. The molecule has 4 nitrogen and oxygen atoms in total. The van der Waals surface area contributed by atoms with Gasteiger partial charge in [0.05, 0.1) is 0 Å². The molecule has 0 aliphatic carbocycles. The number of carbonyl (C=O) groups excluding carboxylic acids is 1. The van der Waals surface area contributed by atoms with Crippen molar-refractivity contribution in [2.24, 2.45) is 0 Å². The van der Waals surface area contributed by atoms with Crippen LogP contribution >= 0.6 is 0 Å². The topological polar surface area (TPSA) is 36.4 Å². The number of carbonyl (C=O) groups is 1. The number of aromatic nitrogens is 1. The normalized spacial score (nSPS) is 13.5. The van der Waals surface area contributed by atoms with Crippen molar-refractivity contribution in [2.45, 2.75) is 45.7 Å². The maximum atomic E-state index is 12.5. The third kappa shape index (κ3) is 5.40. The fraction of sp³-hybridized carbons (Fsp3) is 0.429. The second-order valence-corrected chi connectivity index (χ2v) is 6.63. The maximum absolute atomic E-state index is 12.5. The second kappa shape index (κ2) is 9.33. The van der Waals surface area contributed by atoms with Crippen LogP contribution in [0.2, 0.25) is 0 Å². The van der Waals surface area contributed by atoms with Gasteiger partial charge in [-0.2, -0.15) is 0 Å². The number of amides is 1. The number of hydrogen-bond donors (Lipinski definition) is 0. The number of hydrogen-bond acceptors (Lipinski definition) is 3. The lowest BCUT2D eigenvalue weighted by Crippen LogP contribution is -2.47. The van der Waals surface area contributed by atoms with Crippen LogP contribution in [-0.2, 0) is 11.2 Å². The molecule has 2 aromatic rings. The molecule has 0 aliphatic rings. The number of nitrogens with zero attached hydrogens (tertiary/aromatic N) is 3. The van der Waals surface area contributed by atoms with Gasteiger partial charge in [0.25, 0.3) is 0 Å². The molecule has 0 spiro atoms. The summed E-state index contributed by atoms with van der Waals surface area (Å²) in [4.78, 5) is 21.0. The number of likely N-dealkylation sites (N-methyl/N-ethyl adjacent to an activating group) is 1. The molecule has 0 radical (unpaired) electrons. The fourth-order valence-corrected chi connectivity index (χ4v) is 3.06. The SMILES string of the molecule is CCC(=O)N(c1ccccn1)C(C)CN(C)C(C)Cc1ccccc1. The van der Waals surface area contributed by atoms with Crippen molar-refractivity contribution in [3.05, 3.63) is 60.3 Å². The van der Waals surface area contributed by atoms with E-state index in [-0.39, 0.29) is 11.9 Å². The molecular formula is C21H29N3O. The number of anilines is 1. The first-order valence-electron chi connectivity index (χ1n) is 9.00. The Hall–Kier alpha value is -2.20. The van der Waals surface area contributed by atoms with E-state index in [1.54, 1.807) is 6.20 Å². The Morgan fingerprint density at radius 3 is 2.32 bits per heavy atom.